The standard InChI is InChI=1S/C11H13N3O3S/c1-12-9-3-2-7(14(16)17)4-10(9)13-6-8(18)5-11(13)15/h2-4,8,12,18H,5-6H2,1H3. The highest BCUT2D eigenvalue weighted by Crippen LogP contribution is 2.33. The Kier molecular flexibility index (Phi) is 3.42. The number of rotatable bonds is 3. The van der Waals surface area contributed by atoms with Gasteiger partial charge in [0.1, 0.15) is 0 Å². The first kappa shape index (κ1) is 12.7. The zero-order chi connectivity index (χ0) is 13.3. The Bertz CT molecular complexity index is 506. The summed E-state index contributed by atoms with van der Waals surface area (Å²) >= 11 is 4.27. The summed E-state index contributed by atoms with van der Waals surface area (Å²) in [6.07, 6.45) is 0.356. The van der Waals surface area contributed by atoms with Crippen LogP contribution in [-0.4, -0.2) is 29.7 Å². The van der Waals surface area contributed by atoms with Gasteiger partial charge in [-0.15, -0.1) is 0 Å². The number of nitrogens with zero attached hydrogens (tertiary/aromatic N) is 2. The predicted octanol–water partition coefficient (Wildman–Crippen LogP) is 1.67. The van der Waals surface area contributed by atoms with Gasteiger partial charge >= 0.3 is 0 Å². The van der Waals surface area contributed by atoms with E-state index in [0.717, 1.165) is 0 Å². The van der Waals surface area contributed by atoms with E-state index < -0.39 is 4.92 Å². The van der Waals surface area contributed by atoms with Gasteiger partial charge in [-0.1, -0.05) is 0 Å². The van der Waals surface area contributed by atoms with Gasteiger partial charge in [-0.3, -0.25) is 14.9 Å². The molecular weight excluding hydrogens is 254 g/mol. The minimum Gasteiger partial charge on any atom is -0.386 e. The molecule has 0 aromatic heterocycles. The molecule has 96 valence electrons. The van der Waals surface area contributed by atoms with Crippen LogP contribution in [-0.2, 0) is 4.79 Å². The van der Waals surface area contributed by atoms with Crippen molar-refractivity contribution in [2.45, 2.75) is 11.7 Å². The number of carbonyl (C=O) groups is 1. The molecule has 0 bridgehead atoms. The number of anilines is 2. The molecule has 0 aliphatic carbocycles. The third kappa shape index (κ3) is 2.26. The van der Waals surface area contributed by atoms with Crippen molar-refractivity contribution in [1.29, 1.82) is 0 Å². The van der Waals surface area contributed by atoms with E-state index in [0.29, 0.717) is 24.3 Å². The third-order valence-electron chi connectivity index (χ3n) is 2.86. The van der Waals surface area contributed by atoms with Gasteiger partial charge < -0.3 is 10.2 Å². The molecule has 0 radical (unpaired) electrons. The normalized spacial score (nSPS) is 19.1. The Morgan fingerprint density at radius 3 is 2.78 bits per heavy atom. The van der Waals surface area contributed by atoms with Gasteiger partial charge in [-0.2, -0.15) is 12.6 Å². The van der Waals surface area contributed by atoms with Crippen molar-refractivity contribution in [2.24, 2.45) is 0 Å². The maximum Gasteiger partial charge on any atom is 0.271 e. The van der Waals surface area contributed by atoms with Crippen LogP contribution in [0.5, 0.6) is 0 Å². The van der Waals surface area contributed by atoms with E-state index in [9.17, 15) is 14.9 Å². The molecule has 1 aromatic rings. The molecule has 1 heterocycles. The number of hydrogen-bond acceptors (Lipinski definition) is 5. The summed E-state index contributed by atoms with van der Waals surface area (Å²) in [5, 5.41) is 13.7. The number of carbonyl (C=O) groups excluding carboxylic acids is 1. The number of benzene rings is 1. The van der Waals surface area contributed by atoms with Crippen LogP contribution in [0.2, 0.25) is 0 Å². The lowest BCUT2D eigenvalue weighted by Gasteiger charge is -2.19. The van der Waals surface area contributed by atoms with E-state index in [2.05, 4.69) is 17.9 Å². The van der Waals surface area contributed by atoms with Crippen LogP contribution in [0.1, 0.15) is 6.42 Å². The molecule has 6 nitrogen and oxygen atoms in total. The monoisotopic (exact) mass is 267 g/mol. The number of amides is 1. The Balaban J connectivity index is 2.44. The molecule has 18 heavy (non-hydrogen) atoms. The van der Waals surface area contributed by atoms with Crippen LogP contribution >= 0.6 is 12.6 Å². The first-order valence-corrected chi connectivity index (χ1v) is 5.99. The molecule has 1 aliphatic heterocycles. The van der Waals surface area contributed by atoms with Crippen molar-refractivity contribution < 1.29 is 9.72 Å². The third-order valence-corrected chi connectivity index (χ3v) is 3.20. The number of non-ortho nitro benzene ring substituents is 1. The summed E-state index contributed by atoms with van der Waals surface area (Å²) < 4.78 is 0. The number of hydrogen-bond donors (Lipinski definition) is 2. The van der Waals surface area contributed by atoms with Gasteiger partial charge in [0, 0.05) is 37.4 Å². The fourth-order valence-corrected chi connectivity index (χ4v) is 2.31. The maximum absolute atomic E-state index is 11.8. The van der Waals surface area contributed by atoms with Crippen LogP contribution in [0.25, 0.3) is 0 Å². The van der Waals surface area contributed by atoms with Gasteiger partial charge in [0.05, 0.1) is 16.3 Å². The Hall–Kier alpha value is -1.76. The zero-order valence-corrected chi connectivity index (χ0v) is 10.7. The lowest BCUT2D eigenvalue weighted by molar-refractivity contribution is -0.384. The van der Waals surface area contributed by atoms with E-state index >= 15 is 0 Å². The molecule has 1 unspecified atom stereocenters. The highest BCUT2D eigenvalue weighted by Gasteiger charge is 2.30. The smallest absolute Gasteiger partial charge is 0.271 e. The summed E-state index contributed by atoms with van der Waals surface area (Å²) in [6, 6.07) is 4.43. The van der Waals surface area contributed by atoms with Crippen LogP contribution in [0.3, 0.4) is 0 Å². The molecule has 1 amide bonds. The second kappa shape index (κ2) is 4.85. The largest absolute Gasteiger partial charge is 0.386 e. The quantitative estimate of drug-likeness (QED) is 0.496. The van der Waals surface area contributed by atoms with Crippen LogP contribution in [0.4, 0.5) is 17.1 Å². The highest BCUT2D eigenvalue weighted by atomic mass is 32.1. The summed E-state index contributed by atoms with van der Waals surface area (Å²) in [7, 11) is 1.71. The minimum atomic E-state index is -0.471. The average molecular weight is 267 g/mol. The van der Waals surface area contributed by atoms with Gasteiger partial charge in [0.25, 0.3) is 5.69 Å². The predicted molar refractivity (Wildman–Crippen MR) is 72.4 cm³/mol. The van der Waals surface area contributed by atoms with Crippen molar-refractivity contribution in [2.75, 3.05) is 23.8 Å². The van der Waals surface area contributed by atoms with E-state index in [1.807, 2.05) is 0 Å². The molecule has 1 aliphatic rings. The molecule has 1 saturated heterocycles. The average Bonchev–Trinajstić information content (AvgIpc) is 2.67. The molecule has 1 aromatic carbocycles. The second-order valence-electron chi connectivity index (χ2n) is 4.07. The van der Waals surface area contributed by atoms with E-state index in [1.165, 1.54) is 17.0 Å². The maximum atomic E-state index is 11.8. The SMILES string of the molecule is CNc1ccc([N+](=O)[O-])cc1N1CC(S)CC1=O. The van der Waals surface area contributed by atoms with Crippen LogP contribution < -0.4 is 10.2 Å². The van der Waals surface area contributed by atoms with Gasteiger partial charge in [-0.05, 0) is 6.07 Å². The van der Waals surface area contributed by atoms with Crippen molar-refractivity contribution in [3.63, 3.8) is 0 Å². The fourth-order valence-electron chi connectivity index (χ4n) is 1.99. The first-order chi connectivity index (χ1) is 8.52. The minimum absolute atomic E-state index is 0.0264. The summed E-state index contributed by atoms with van der Waals surface area (Å²) in [5.41, 5.74) is 1.20. The van der Waals surface area contributed by atoms with Crippen molar-refractivity contribution in [3.8, 4) is 0 Å². The lowest BCUT2D eigenvalue weighted by atomic mass is 10.2. The first-order valence-electron chi connectivity index (χ1n) is 5.47. The van der Waals surface area contributed by atoms with Crippen LogP contribution in [0, 0.1) is 10.1 Å². The molecule has 0 spiro atoms. The number of nitro benzene ring substituents is 1. The molecule has 1 atom stereocenters. The fraction of sp³-hybridized carbons (Fsp3) is 0.364. The molecule has 0 saturated carbocycles. The van der Waals surface area contributed by atoms with E-state index in [-0.39, 0.29) is 16.8 Å². The summed E-state index contributed by atoms with van der Waals surface area (Å²) in [6.45, 7) is 0.470. The molecule has 2 rings (SSSR count). The van der Waals surface area contributed by atoms with Gasteiger partial charge in [0.2, 0.25) is 5.91 Å². The summed E-state index contributed by atoms with van der Waals surface area (Å²) in [4.78, 5) is 23.7. The highest BCUT2D eigenvalue weighted by molar-refractivity contribution is 7.81. The van der Waals surface area contributed by atoms with Crippen LogP contribution in [0.15, 0.2) is 18.2 Å². The lowest BCUT2D eigenvalue weighted by Crippen LogP contribution is -2.25. The molecular formula is C11H13N3O3S. The second-order valence-corrected chi connectivity index (χ2v) is 4.80. The van der Waals surface area contributed by atoms with Gasteiger partial charge in [-0.25, -0.2) is 0 Å². The summed E-state index contributed by atoms with van der Waals surface area (Å²) in [5.74, 6) is -0.0630. The number of thiol groups is 1. The zero-order valence-electron chi connectivity index (χ0n) is 9.79. The van der Waals surface area contributed by atoms with Crippen molar-refractivity contribution in [1.82, 2.24) is 0 Å². The Morgan fingerprint density at radius 2 is 2.28 bits per heavy atom. The molecule has 1 fully saturated rings. The molecule has 7 heteroatoms. The Labute approximate surface area is 110 Å². The molecule has 1 N–H and O–H groups in total. The van der Waals surface area contributed by atoms with E-state index in [1.54, 1.807) is 13.1 Å². The topological polar surface area (TPSA) is 75.5 Å². The Morgan fingerprint density at radius 1 is 1.56 bits per heavy atom. The number of nitro groups is 1. The van der Waals surface area contributed by atoms with E-state index in [4.69, 9.17) is 0 Å². The van der Waals surface area contributed by atoms with Crippen molar-refractivity contribution in [3.05, 3.63) is 28.3 Å². The van der Waals surface area contributed by atoms with Crippen molar-refractivity contribution >= 4 is 35.6 Å². The van der Waals surface area contributed by atoms with Gasteiger partial charge in [0.15, 0.2) is 0 Å². The number of nitrogens with one attached hydrogen (secondary N) is 1.